The summed E-state index contributed by atoms with van der Waals surface area (Å²) >= 11 is 0. The first-order chi connectivity index (χ1) is 7.99. The number of hydrogen-bond donors (Lipinski definition) is 1. The zero-order valence-corrected chi connectivity index (χ0v) is 12.6. The van der Waals surface area contributed by atoms with Gasteiger partial charge in [-0.25, -0.2) is 0 Å². The molecule has 2 heteroatoms. The van der Waals surface area contributed by atoms with Gasteiger partial charge in [0, 0.05) is 18.6 Å². The second-order valence-electron chi connectivity index (χ2n) is 6.53. The van der Waals surface area contributed by atoms with Crippen LogP contribution < -0.4 is 5.32 Å². The summed E-state index contributed by atoms with van der Waals surface area (Å²) in [6, 6.07) is 1.44. The van der Waals surface area contributed by atoms with Crippen molar-refractivity contribution in [1.82, 2.24) is 10.2 Å². The number of piperidine rings is 1. The lowest BCUT2D eigenvalue weighted by Gasteiger charge is -2.41. The second-order valence-corrected chi connectivity index (χ2v) is 6.53. The maximum atomic E-state index is 3.67. The van der Waals surface area contributed by atoms with Gasteiger partial charge >= 0.3 is 0 Å². The Morgan fingerprint density at radius 3 is 2.47 bits per heavy atom. The molecule has 0 aromatic heterocycles. The van der Waals surface area contributed by atoms with E-state index >= 15 is 0 Å². The zero-order valence-electron chi connectivity index (χ0n) is 12.6. The van der Waals surface area contributed by atoms with Crippen molar-refractivity contribution in [2.75, 3.05) is 19.6 Å². The zero-order chi connectivity index (χ0) is 12.9. The Bertz CT molecular complexity index is 207. The molecular weight excluding hydrogens is 208 g/mol. The summed E-state index contributed by atoms with van der Waals surface area (Å²) < 4.78 is 0. The summed E-state index contributed by atoms with van der Waals surface area (Å²) in [7, 11) is 0. The van der Waals surface area contributed by atoms with E-state index in [2.05, 4.69) is 44.8 Å². The minimum Gasteiger partial charge on any atom is -0.312 e. The quantitative estimate of drug-likeness (QED) is 0.793. The molecule has 0 aromatic carbocycles. The molecule has 1 fully saturated rings. The van der Waals surface area contributed by atoms with E-state index in [0.717, 1.165) is 12.6 Å². The van der Waals surface area contributed by atoms with Gasteiger partial charge in [0.15, 0.2) is 0 Å². The van der Waals surface area contributed by atoms with Crippen molar-refractivity contribution in [2.24, 2.45) is 5.41 Å². The molecule has 0 aliphatic carbocycles. The molecule has 1 N–H and O–H groups in total. The van der Waals surface area contributed by atoms with Gasteiger partial charge in [0.05, 0.1) is 0 Å². The number of rotatable bonds is 5. The number of hydrogen-bond acceptors (Lipinski definition) is 2. The Morgan fingerprint density at radius 1 is 1.24 bits per heavy atom. The van der Waals surface area contributed by atoms with Crippen LogP contribution >= 0.6 is 0 Å². The molecule has 0 saturated carbocycles. The van der Waals surface area contributed by atoms with Crippen molar-refractivity contribution >= 4 is 0 Å². The van der Waals surface area contributed by atoms with Gasteiger partial charge < -0.3 is 5.32 Å². The first-order valence-corrected chi connectivity index (χ1v) is 7.46. The number of nitrogens with zero attached hydrogens (tertiary/aromatic N) is 1. The third kappa shape index (κ3) is 4.59. The molecule has 0 amide bonds. The molecule has 2 atom stereocenters. The number of nitrogens with one attached hydrogen (secondary N) is 1. The van der Waals surface area contributed by atoms with Gasteiger partial charge in [-0.05, 0) is 37.8 Å². The summed E-state index contributed by atoms with van der Waals surface area (Å²) in [6.45, 7) is 15.2. The third-order valence-corrected chi connectivity index (χ3v) is 4.13. The average molecular weight is 240 g/mol. The Balaban J connectivity index is 2.58. The lowest BCUT2D eigenvalue weighted by Crippen LogP contribution is -2.52. The van der Waals surface area contributed by atoms with Crippen LogP contribution in [0.1, 0.15) is 60.3 Å². The van der Waals surface area contributed by atoms with Gasteiger partial charge in [0.2, 0.25) is 0 Å². The molecule has 1 aliphatic heterocycles. The van der Waals surface area contributed by atoms with Crippen LogP contribution in [-0.4, -0.2) is 36.6 Å². The highest BCUT2D eigenvalue weighted by Gasteiger charge is 2.29. The summed E-state index contributed by atoms with van der Waals surface area (Å²) in [4.78, 5) is 2.72. The molecule has 17 heavy (non-hydrogen) atoms. The summed E-state index contributed by atoms with van der Waals surface area (Å²) in [6.07, 6.45) is 5.53. The second kappa shape index (κ2) is 6.75. The Labute approximate surface area is 108 Å². The van der Waals surface area contributed by atoms with E-state index in [1.54, 1.807) is 0 Å². The Hall–Kier alpha value is -0.0800. The molecule has 0 spiro atoms. The van der Waals surface area contributed by atoms with E-state index in [4.69, 9.17) is 0 Å². The van der Waals surface area contributed by atoms with Gasteiger partial charge in [0.1, 0.15) is 0 Å². The molecule has 102 valence electrons. The molecule has 1 heterocycles. The normalized spacial score (nSPS) is 24.9. The van der Waals surface area contributed by atoms with Gasteiger partial charge in [0.25, 0.3) is 0 Å². The van der Waals surface area contributed by atoms with Crippen LogP contribution in [0.5, 0.6) is 0 Å². The smallest absolute Gasteiger partial charge is 0.0243 e. The van der Waals surface area contributed by atoms with Crippen molar-refractivity contribution in [3.05, 3.63) is 0 Å². The maximum Gasteiger partial charge on any atom is 0.0243 e. The van der Waals surface area contributed by atoms with Gasteiger partial charge in [-0.2, -0.15) is 0 Å². The topological polar surface area (TPSA) is 15.3 Å². The Kier molecular flexibility index (Phi) is 5.94. The monoisotopic (exact) mass is 240 g/mol. The predicted molar refractivity (Wildman–Crippen MR) is 76.4 cm³/mol. The molecule has 1 saturated heterocycles. The van der Waals surface area contributed by atoms with E-state index in [9.17, 15) is 0 Å². The van der Waals surface area contributed by atoms with Crippen LogP contribution in [0.4, 0.5) is 0 Å². The number of likely N-dealkylation sites (N-methyl/N-ethyl adjacent to an activating group) is 1. The highest BCUT2D eigenvalue weighted by molar-refractivity contribution is 4.86. The molecule has 1 aliphatic rings. The fraction of sp³-hybridized carbons (Fsp3) is 1.00. The minimum atomic E-state index is 0.353. The van der Waals surface area contributed by atoms with E-state index in [0.29, 0.717) is 11.5 Å². The van der Waals surface area contributed by atoms with Crippen LogP contribution in [0.15, 0.2) is 0 Å². The molecule has 2 unspecified atom stereocenters. The summed E-state index contributed by atoms with van der Waals surface area (Å²) in [5.74, 6) is 0. The SMILES string of the molecule is CCNC(CN1CCCCC1CC)C(C)(C)C. The van der Waals surface area contributed by atoms with E-state index in [1.807, 2.05) is 0 Å². The molecular formula is C15H32N2. The number of likely N-dealkylation sites (tertiary alicyclic amines) is 1. The highest BCUT2D eigenvalue weighted by Crippen LogP contribution is 2.25. The fourth-order valence-electron chi connectivity index (χ4n) is 2.89. The van der Waals surface area contributed by atoms with Crippen LogP contribution in [0.3, 0.4) is 0 Å². The first kappa shape index (κ1) is 15.0. The Morgan fingerprint density at radius 2 is 1.94 bits per heavy atom. The van der Waals surface area contributed by atoms with Crippen molar-refractivity contribution < 1.29 is 0 Å². The maximum absolute atomic E-state index is 3.67. The molecule has 2 nitrogen and oxygen atoms in total. The largest absolute Gasteiger partial charge is 0.312 e. The standard InChI is InChI=1S/C15H32N2/c1-6-13-10-8-9-11-17(13)12-14(16-7-2)15(3,4)5/h13-14,16H,6-12H2,1-5H3. The summed E-state index contributed by atoms with van der Waals surface area (Å²) in [5, 5.41) is 3.67. The lowest BCUT2D eigenvalue weighted by molar-refractivity contribution is 0.101. The summed E-state index contributed by atoms with van der Waals surface area (Å²) in [5.41, 5.74) is 0.353. The van der Waals surface area contributed by atoms with E-state index in [1.165, 1.54) is 38.8 Å². The molecule has 0 aromatic rings. The third-order valence-electron chi connectivity index (χ3n) is 4.13. The van der Waals surface area contributed by atoms with Crippen LogP contribution in [0, 0.1) is 5.41 Å². The van der Waals surface area contributed by atoms with Crippen LogP contribution in [0.25, 0.3) is 0 Å². The van der Waals surface area contributed by atoms with Gasteiger partial charge in [-0.15, -0.1) is 0 Å². The van der Waals surface area contributed by atoms with Gasteiger partial charge in [-0.1, -0.05) is 41.0 Å². The van der Waals surface area contributed by atoms with Crippen molar-refractivity contribution in [3.63, 3.8) is 0 Å². The lowest BCUT2D eigenvalue weighted by atomic mass is 9.85. The van der Waals surface area contributed by atoms with E-state index < -0.39 is 0 Å². The fourth-order valence-corrected chi connectivity index (χ4v) is 2.89. The molecule has 0 radical (unpaired) electrons. The van der Waals surface area contributed by atoms with Crippen molar-refractivity contribution in [3.8, 4) is 0 Å². The van der Waals surface area contributed by atoms with Crippen molar-refractivity contribution in [1.29, 1.82) is 0 Å². The highest BCUT2D eigenvalue weighted by atomic mass is 15.2. The predicted octanol–water partition coefficient (Wildman–Crippen LogP) is 3.28. The molecule has 0 bridgehead atoms. The minimum absolute atomic E-state index is 0.353. The van der Waals surface area contributed by atoms with Gasteiger partial charge in [-0.3, -0.25) is 4.90 Å². The van der Waals surface area contributed by atoms with E-state index in [-0.39, 0.29) is 0 Å². The first-order valence-electron chi connectivity index (χ1n) is 7.46. The van der Waals surface area contributed by atoms with Crippen molar-refractivity contribution in [2.45, 2.75) is 72.4 Å². The average Bonchev–Trinajstić information content (AvgIpc) is 2.28. The van der Waals surface area contributed by atoms with Crippen LogP contribution in [-0.2, 0) is 0 Å². The molecule has 1 rings (SSSR count). The van der Waals surface area contributed by atoms with Crippen LogP contribution in [0.2, 0.25) is 0 Å².